The van der Waals surface area contributed by atoms with Gasteiger partial charge >= 0.3 is 0 Å². The van der Waals surface area contributed by atoms with Crippen molar-refractivity contribution in [2.45, 2.75) is 25.0 Å². The van der Waals surface area contributed by atoms with Crippen molar-refractivity contribution in [1.29, 1.82) is 0 Å². The number of hydrogen-bond donors (Lipinski definition) is 2. The first-order valence-electron chi connectivity index (χ1n) is 3.32. The second kappa shape index (κ2) is 3.15. The van der Waals surface area contributed by atoms with Crippen molar-refractivity contribution in [1.82, 2.24) is 0 Å². The Morgan fingerprint density at radius 1 is 1.56 bits per heavy atom. The van der Waals surface area contributed by atoms with E-state index in [1.807, 2.05) is 0 Å². The molecule has 3 heteroatoms. The molecular weight excluding hydrogens is 118 g/mol. The van der Waals surface area contributed by atoms with Crippen LogP contribution in [0.3, 0.4) is 0 Å². The van der Waals surface area contributed by atoms with Gasteiger partial charge in [0, 0.05) is 6.54 Å². The van der Waals surface area contributed by atoms with Gasteiger partial charge in [-0.15, -0.1) is 0 Å². The number of aliphatic hydroxyl groups is 1. The van der Waals surface area contributed by atoms with Gasteiger partial charge in [0.1, 0.15) is 0 Å². The first-order chi connectivity index (χ1) is 4.33. The van der Waals surface area contributed by atoms with Gasteiger partial charge in [0.25, 0.3) is 0 Å². The molecule has 0 bridgehead atoms. The van der Waals surface area contributed by atoms with Crippen LogP contribution in [0.5, 0.6) is 0 Å². The lowest BCUT2D eigenvalue weighted by Gasteiger charge is -2.24. The lowest BCUT2D eigenvalue weighted by Crippen LogP contribution is -2.33. The average Bonchev–Trinajstić information content (AvgIpc) is 1.90. The van der Waals surface area contributed by atoms with Gasteiger partial charge < -0.3 is 15.6 Å². The number of hydrogen-bond acceptors (Lipinski definition) is 3. The SMILES string of the molecule is NCC1CCC(O)CO1. The van der Waals surface area contributed by atoms with Gasteiger partial charge in [0.05, 0.1) is 18.8 Å². The van der Waals surface area contributed by atoms with Gasteiger partial charge in [0.15, 0.2) is 0 Å². The predicted octanol–water partition coefficient (Wildman–Crippen LogP) is -0.515. The fourth-order valence-corrected chi connectivity index (χ4v) is 0.978. The molecule has 0 saturated carbocycles. The summed E-state index contributed by atoms with van der Waals surface area (Å²) in [6.45, 7) is 1.04. The minimum atomic E-state index is -0.257. The van der Waals surface area contributed by atoms with Crippen molar-refractivity contribution in [3.63, 3.8) is 0 Å². The van der Waals surface area contributed by atoms with Gasteiger partial charge in [-0.1, -0.05) is 0 Å². The molecule has 2 unspecified atom stereocenters. The molecule has 0 aromatic carbocycles. The third kappa shape index (κ3) is 1.93. The largest absolute Gasteiger partial charge is 0.391 e. The van der Waals surface area contributed by atoms with Crippen LogP contribution < -0.4 is 5.73 Å². The molecule has 0 aromatic heterocycles. The Bertz CT molecular complexity index is 79.1. The zero-order chi connectivity index (χ0) is 6.69. The molecule has 1 saturated heterocycles. The molecule has 1 aliphatic rings. The molecule has 0 radical (unpaired) electrons. The lowest BCUT2D eigenvalue weighted by atomic mass is 10.1. The zero-order valence-electron chi connectivity index (χ0n) is 5.42. The van der Waals surface area contributed by atoms with Gasteiger partial charge in [-0.3, -0.25) is 0 Å². The van der Waals surface area contributed by atoms with Crippen molar-refractivity contribution in [3.05, 3.63) is 0 Å². The zero-order valence-corrected chi connectivity index (χ0v) is 5.42. The Morgan fingerprint density at radius 3 is 2.78 bits per heavy atom. The topological polar surface area (TPSA) is 55.5 Å². The van der Waals surface area contributed by atoms with E-state index in [1.54, 1.807) is 0 Å². The summed E-state index contributed by atoms with van der Waals surface area (Å²) >= 11 is 0. The van der Waals surface area contributed by atoms with Crippen LogP contribution in [0.4, 0.5) is 0 Å². The summed E-state index contributed by atoms with van der Waals surface area (Å²) in [5.41, 5.74) is 5.34. The van der Waals surface area contributed by atoms with E-state index in [9.17, 15) is 0 Å². The van der Waals surface area contributed by atoms with Gasteiger partial charge in [-0.2, -0.15) is 0 Å². The molecule has 1 aliphatic heterocycles. The number of aliphatic hydroxyl groups excluding tert-OH is 1. The molecule has 3 N–H and O–H groups in total. The van der Waals surface area contributed by atoms with Crippen LogP contribution in [0.2, 0.25) is 0 Å². The van der Waals surface area contributed by atoms with Gasteiger partial charge in [-0.25, -0.2) is 0 Å². The molecule has 54 valence electrons. The van der Waals surface area contributed by atoms with Crippen molar-refractivity contribution < 1.29 is 9.84 Å². The summed E-state index contributed by atoms with van der Waals surface area (Å²) < 4.78 is 5.16. The molecule has 0 aliphatic carbocycles. The predicted molar refractivity (Wildman–Crippen MR) is 34.0 cm³/mol. The van der Waals surface area contributed by atoms with Crippen LogP contribution in [0.15, 0.2) is 0 Å². The Hall–Kier alpha value is -0.120. The molecule has 0 spiro atoms. The van der Waals surface area contributed by atoms with E-state index in [4.69, 9.17) is 15.6 Å². The highest BCUT2D eigenvalue weighted by Crippen LogP contribution is 2.11. The van der Waals surface area contributed by atoms with Crippen LogP contribution in [0.1, 0.15) is 12.8 Å². The van der Waals surface area contributed by atoms with Crippen LogP contribution in [0.25, 0.3) is 0 Å². The van der Waals surface area contributed by atoms with Crippen LogP contribution in [-0.4, -0.2) is 30.5 Å². The maximum atomic E-state index is 8.96. The molecule has 0 amide bonds. The van der Waals surface area contributed by atoms with Crippen molar-refractivity contribution >= 4 is 0 Å². The smallest absolute Gasteiger partial charge is 0.0774 e. The van der Waals surface area contributed by atoms with E-state index >= 15 is 0 Å². The quantitative estimate of drug-likeness (QED) is 0.503. The first kappa shape index (κ1) is 6.99. The maximum Gasteiger partial charge on any atom is 0.0774 e. The Labute approximate surface area is 54.8 Å². The van der Waals surface area contributed by atoms with E-state index in [1.165, 1.54) is 0 Å². The summed E-state index contributed by atoms with van der Waals surface area (Å²) in [5.74, 6) is 0. The van der Waals surface area contributed by atoms with Crippen LogP contribution >= 0.6 is 0 Å². The van der Waals surface area contributed by atoms with Crippen LogP contribution in [0, 0.1) is 0 Å². The van der Waals surface area contributed by atoms with E-state index < -0.39 is 0 Å². The molecule has 3 nitrogen and oxygen atoms in total. The van der Waals surface area contributed by atoms with Crippen molar-refractivity contribution in [2.75, 3.05) is 13.2 Å². The molecule has 0 aromatic rings. The van der Waals surface area contributed by atoms with E-state index in [0.717, 1.165) is 12.8 Å². The number of ether oxygens (including phenoxy) is 1. The van der Waals surface area contributed by atoms with Crippen molar-refractivity contribution in [2.24, 2.45) is 5.73 Å². The minimum absolute atomic E-state index is 0.188. The minimum Gasteiger partial charge on any atom is -0.391 e. The first-order valence-corrected chi connectivity index (χ1v) is 3.32. The standard InChI is InChI=1S/C6H13NO2/c7-3-6-2-1-5(8)4-9-6/h5-6,8H,1-4,7H2. The normalized spacial score (nSPS) is 36.7. The second-order valence-corrected chi connectivity index (χ2v) is 2.42. The summed E-state index contributed by atoms with van der Waals surface area (Å²) in [7, 11) is 0. The molecule has 1 fully saturated rings. The number of rotatable bonds is 1. The van der Waals surface area contributed by atoms with Gasteiger partial charge in [-0.05, 0) is 12.8 Å². The van der Waals surface area contributed by atoms with E-state index in [2.05, 4.69) is 0 Å². The highest BCUT2D eigenvalue weighted by atomic mass is 16.5. The summed E-state index contributed by atoms with van der Waals surface area (Å²) in [4.78, 5) is 0. The summed E-state index contributed by atoms with van der Waals surface area (Å²) in [6, 6.07) is 0. The molecular formula is C6H13NO2. The third-order valence-corrected chi connectivity index (χ3v) is 1.61. The molecule has 2 atom stereocenters. The Kier molecular flexibility index (Phi) is 2.45. The highest BCUT2D eigenvalue weighted by molar-refractivity contribution is 4.68. The van der Waals surface area contributed by atoms with E-state index in [0.29, 0.717) is 13.2 Å². The fraction of sp³-hybridized carbons (Fsp3) is 1.00. The maximum absolute atomic E-state index is 8.96. The monoisotopic (exact) mass is 131 g/mol. The third-order valence-electron chi connectivity index (χ3n) is 1.61. The Morgan fingerprint density at radius 2 is 2.33 bits per heavy atom. The summed E-state index contributed by atoms with van der Waals surface area (Å²) in [6.07, 6.45) is 1.67. The number of nitrogens with two attached hydrogens (primary N) is 1. The fourth-order valence-electron chi connectivity index (χ4n) is 0.978. The molecule has 1 heterocycles. The van der Waals surface area contributed by atoms with Gasteiger partial charge in [0.2, 0.25) is 0 Å². The Balaban J connectivity index is 2.18. The van der Waals surface area contributed by atoms with Crippen molar-refractivity contribution in [3.8, 4) is 0 Å². The van der Waals surface area contributed by atoms with E-state index in [-0.39, 0.29) is 12.2 Å². The van der Waals surface area contributed by atoms with Crippen LogP contribution in [-0.2, 0) is 4.74 Å². The highest BCUT2D eigenvalue weighted by Gasteiger charge is 2.17. The second-order valence-electron chi connectivity index (χ2n) is 2.42. The molecule has 1 rings (SSSR count). The summed E-state index contributed by atoms with van der Waals surface area (Å²) in [5, 5.41) is 8.96. The average molecular weight is 131 g/mol. The lowest BCUT2D eigenvalue weighted by molar-refractivity contribution is -0.0509. The molecule has 9 heavy (non-hydrogen) atoms.